The number of nitriles is 1. The molecule has 17 heavy (non-hydrogen) atoms. The molecule has 1 N–H and O–H groups in total. The molecule has 0 aliphatic heterocycles. The van der Waals surface area contributed by atoms with E-state index in [0.717, 1.165) is 24.5 Å². The predicted octanol–water partition coefficient (Wildman–Crippen LogP) is 3.53. The van der Waals surface area contributed by atoms with Crippen LogP contribution in [-0.2, 0) is 0 Å². The van der Waals surface area contributed by atoms with E-state index in [-0.39, 0.29) is 0 Å². The zero-order chi connectivity index (χ0) is 12.8. The van der Waals surface area contributed by atoms with Crippen molar-refractivity contribution in [2.45, 2.75) is 40.0 Å². The highest BCUT2D eigenvalue weighted by atomic mass is 15.0. The first kappa shape index (κ1) is 13.5. The maximum absolute atomic E-state index is 9.03. The molecule has 1 aromatic rings. The van der Waals surface area contributed by atoms with Crippen LogP contribution in [-0.4, -0.2) is 11.5 Å². The van der Waals surface area contributed by atoms with Gasteiger partial charge >= 0.3 is 0 Å². The molecule has 0 aromatic carbocycles. The van der Waals surface area contributed by atoms with Gasteiger partial charge < -0.3 is 5.32 Å². The SMILES string of the molecule is CC(C)CCNc1nc(C(C)C)ccc1C#N. The summed E-state index contributed by atoms with van der Waals surface area (Å²) < 4.78 is 0. The lowest BCUT2D eigenvalue weighted by Gasteiger charge is -2.11. The van der Waals surface area contributed by atoms with Crippen molar-refractivity contribution in [1.29, 1.82) is 5.26 Å². The fourth-order valence-corrected chi connectivity index (χ4v) is 1.50. The van der Waals surface area contributed by atoms with Crippen LogP contribution in [0.2, 0.25) is 0 Å². The number of pyridine rings is 1. The maximum atomic E-state index is 9.03. The van der Waals surface area contributed by atoms with E-state index >= 15 is 0 Å². The molecule has 1 heterocycles. The minimum Gasteiger partial charge on any atom is -0.369 e. The summed E-state index contributed by atoms with van der Waals surface area (Å²) in [6.45, 7) is 9.44. The molecule has 0 amide bonds. The van der Waals surface area contributed by atoms with Gasteiger partial charge in [0.2, 0.25) is 0 Å². The Kier molecular flexibility index (Phi) is 4.96. The third kappa shape index (κ3) is 4.07. The van der Waals surface area contributed by atoms with Gasteiger partial charge in [0.15, 0.2) is 0 Å². The molecular weight excluding hydrogens is 210 g/mol. The van der Waals surface area contributed by atoms with Crippen molar-refractivity contribution in [3.05, 3.63) is 23.4 Å². The van der Waals surface area contributed by atoms with Gasteiger partial charge in [0.1, 0.15) is 11.9 Å². The van der Waals surface area contributed by atoms with Crippen molar-refractivity contribution >= 4 is 5.82 Å². The van der Waals surface area contributed by atoms with Crippen LogP contribution >= 0.6 is 0 Å². The van der Waals surface area contributed by atoms with Crippen LogP contribution in [0.3, 0.4) is 0 Å². The molecule has 0 fully saturated rings. The third-order valence-corrected chi connectivity index (χ3v) is 2.64. The molecule has 0 unspecified atom stereocenters. The second-order valence-electron chi connectivity index (χ2n) is 5.01. The summed E-state index contributed by atoms with van der Waals surface area (Å²) in [4.78, 5) is 4.51. The molecular formula is C14H21N3. The van der Waals surface area contributed by atoms with Crippen LogP contribution in [0.5, 0.6) is 0 Å². The van der Waals surface area contributed by atoms with E-state index in [1.807, 2.05) is 12.1 Å². The number of hydrogen-bond donors (Lipinski definition) is 1. The molecule has 3 heteroatoms. The zero-order valence-electron chi connectivity index (χ0n) is 11.1. The van der Waals surface area contributed by atoms with Crippen molar-refractivity contribution in [2.24, 2.45) is 5.92 Å². The molecule has 92 valence electrons. The molecule has 0 saturated carbocycles. The molecule has 0 bridgehead atoms. The third-order valence-electron chi connectivity index (χ3n) is 2.64. The first-order valence-corrected chi connectivity index (χ1v) is 6.19. The molecule has 0 spiro atoms. The molecule has 0 radical (unpaired) electrons. The summed E-state index contributed by atoms with van der Waals surface area (Å²) in [6.07, 6.45) is 1.08. The molecule has 0 saturated heterocycles. The normalized spacial score (nSPS) is 10.6. The number of nitrogens with zero attached hydrogens (tertiary/aromatic N) is 2. The minimum absolute atomic E-state index is 0.383. The summed E-state index contributed by atoms with van der Waals surface area (Å²) in [6, 6.07) is 5.95. The van der Waals surface area contributed by atoms with Crippen LogP contribution in [0, 0.1) is 17.2 Å². The Balaban J connectivity index is 2.80. The van der Waals surface area contributed by atoms with Crippen molar-refractivity contribution in [2.75, 3.05) is 11.9 Å². The van der Waals surface area contributed by atoms with Gasteiger partial charge in [-0.1, -0.05) is 27.7 Å². The largest absolute Gasteiger partial charge is 0.369 e. The van der Waals surface area contributed by atoms with Crippen LogP contribution < -0.4 is 5.32 Å². The Hall–Kier alpha value is -1.56. The van der Waals surface area contributed by atoms with Crippen molar-refractivity contribution < 1.29 is 0 Å². The molecule has 1 aromatic heterocycles. The van der Waals surface area contributed by atoms with Gasteiger partial charge in [-0.2, -0.15) is 5.26 Å². The highest BCUT2D eigenvalue weighted by Crippen LogP contribution is 2.18. The second kappa shape index (κ2) is 6.24. The monoisotopic (exact) mass is 231 g/mol. The minimum atomic E-state index is 0.383. The fraction of sp³-hybridized carbons (Fsp3) is 0.571. The average Bonchev–Trinajstić information content (AvgIpc) is 2.28. The lowest BCUT2D eigenvalue weighted by atomic mass is 10.1. The van der Waals surface area contributed by atoms with Crippen LogP contribution in [0.25, 0.3) is 0 Å². The van der Waals surface area contributed by atoms with Gasteiger partial charge in [0.25, 0.3) is 0 Å². The first-order chi connectivity index (χ1) is 8.04. The van der Waals surface area contributed by atoms with Gasteiger partial charge in [-0.05, 0) is 30.4 Å². The quantitative estimate of drug-likeness (QED) is 0.843. The van der Waals surface area contributed by atoms with Crippen molar-refractivity contribution in [3.63, 3.8) is 0 Å². The summed E-state index contributed by atoms with van der Waals surface area (Å²) >= 11 is 0. The van der Waals surface area contributed by atoms with Crippen LogP contribution in [0.4, 0.5) is 5.82 Å². The van der Waals surface area contributed by atoms with Gasteiger partial charge in [0.05, 0.1) is 5.56 Å². The van der Waals surface area contributed by atoms with E-state index in [4.69, 9.17) is 5.26 Å². The van der Waals surface area contributed by atoms with Gasteiger partial charge in [-0.25, -0.2) is 4.98 Å². The first-order valence-electron chi connectivity index (χ1n) is 6.19. The van der Waals surface area contributed by atoms with E-state index in [9.17, 15) is 0 Å². The molecule has 3 nitrogen and oxygen atoms in total. The smallest absolute Gasteiger partial charge is 0.144 e. The topological polar surface area (TPSA) is 48.7 Å². The predicted molar refractivity (Wildman–Crippen MR) is 71.0 cm³/mol. The highest BCUT2D eigenvalue weighted by molar-refractivity contribution is 5.52. The van der Waals surface area contributed by atoms with E-state index in [0.29, 0.717) is 17.4 Å². The Labute approximate surface area is 104 Å². The Morgan fingerprint density at radius 2 is 2.00 bits per heavy atom. The summed E-state index contributed by atoms with van der Waals surface area (Å²) in [5.41, 5.74) is 1.65. The van der Waals surface area contributed by atoms with E-state index in [1.165, 1.54) is 0 Å². The number of rotatable bonds is 5. The fourth-order valence-electron chi connectivity index (χ4n) is 1.50. The lowest BCUT2D eigenvalue weighted by Crippen LogP contribution is -2.09. The second-order valence-corrected chi connectivity index (χ2v) is 5.01. The standard InChI is InChI=1S/C14H21N3/c1-10(2)7-8-16-14-12(9-15)5-6-13(17-14)11(3)4/h5-6,10-11H,7-8H2,1-4H3,(H,16,17). The lowest BCUT2D eigenvalue weighted by molar-refractivity contribution is 0.606. The maximum Gasteiger partial charge on any atom is 0.144 e. The van der Waals surface area contributed by atoms with E-state index in [2.05, 4.69) is 44.1 Å². The molecule has 0 atom stereocenters. The number of anilines is 1. The number of nitrogens with one attached hydrogen (secondary N) is 1. The van der Waals surface area contributed by atoms with Crippen molar-refractivity contribution in [1.82, 2.24) is 4.98 Å². The van der Waals surface area contributed by atoms with Crippen LogP contribution in [0.15, 0.2) is 12.1 Å². The Morgan fingerprint density at radius 1 is 1.29 bits per heavy atom. The highest BCUT2D eigenvalue weighted by Gasteiger charge is 2.07. The average molecular weight is 231 g/mol. The van der Waals surface area contributed by atoms with Crippen molar-refractivity contribution in [3.8, 4) is 6.07 Å². The van der Waals surface area contributed by atoms with E-state index < -0.39 is 0 Å². The Morgan fingerprint density at radius 3 is 2.53 bits per heavy atom. The molecule has 1 rings (SSSR count). The summed E-state index contributed by atoms with van der Waals surface area (Å²) in [7, 11) is 0. The van der Waals surface area contributed by atoms with E-state index in [1.54, 1.807) is 0 Å². The summed E-state index contributed by atoms with van der Waals surface area (Å²) in [5.74, 6) is 1.76. The Bertz CT molecular complexity index is 402. The van der Waals surface area contributed by atoms with Gasteiger partial charge in [-0.3, -0.25) is 0 Å². The number of hydrogen-bond acceptors (Lipinski definition) is 3. The number of aromatic nitrogens is 1. The van der Waals surface area contributed by atoms with Crippen LogP contribution in [0.1, 0.15) is 51.3 Å². The summed E-state index contributed by atoms with van der Waals surface area (Å²) in [5, 5.41) is 12.3. The zero-order valence-corrected chi connectivity index (χ0v) is 11.1. The van der Waals surface area contributed by atoms with Gasteiger partial charge in [-0.15, -0.1) is 0 Å². The molecule has 0 aliphatic carbocycles. The molecule has 0 aliphatic rings. The van der Waals surface area contributed by atoms with Gasteiger partial charge in [0, 0.05) is 12.2 Å².